The first-order valence-corrected chi connectivity index (χ1v) is 5.28. The second-order valence-electron chi connectivity index (χ2n) is 2.87. The van der Waals surface area contributed by atoms with E-state index in [-0.39, 0.29) is 5.89 Å². The number of thiophene rings is 1. The Hall–Kier alpha value is -1.56. The number of ether oxygens (including phenoxy) is 1. The molecule has 0 aromatic carbocycles. The van der Waals surface area contributed by atoms with Gasteiger partial charge in [-0.1, -0.05) is 5.10 Å². The van der Waals surface area contributed by atoms with Crippen molar-refractivity contribution in [1.82, 2.24) is 10.2 Å². The molecule has 0 radical (unpaired) electrons. The van der Waals surface area contributed by atoms with Gasteiger partial charge in [0.15, 0.2) is 0 Å². The molecule has 0 bridgehead atoms. The molecule has 6 heteroatoms. The third-order valence-electron chi connectivity index (χ3n) is 1.73. The van der Waals surface area contributed by atoms with E-state index in [0.717, 1.165) is 9.75 Å². The van der Waals surface area contributed by atoms with E-state index in [1.807, 2.05) is 19.9 Å². The van der Waals surface area contributed by atoms with Crippen LogP contribution in [-0.2, 0) is 0 Å². The van der Waals surface area contributed by atoms with Crippen molar-refractivity contribution >= 4 is 11.3 Å². The zero-order valence-corrected chi connectivity index (χ0v) is 9.17. The van der Waals surface area contributed by atoms with E-state index in [4.69, 9.17) is 14.3 Å². The lowest BCUT2D eigenvalue weighted by Crippen LogP contribution is -1.90. The van der Waals surface area contributed by atoms with Gasteiger partial charge in [-0.2, -0.15) is 0 Å². The van der Waals surface area contributed by atoms with Gasteiger partial charge in [-0.3, -0.25) is 0 Å². The summed E-state index contributed by atoms with van der Waals surface area (Å²) in [6.45, 7) is 4.44. The summed E-state index contributed by atoms with van der Waals surface area (Å²) in [7, 11) is 0. The number of hydrogen-bond donors (Lipinski definition) is 1. The summed E-state index contributed by atoms with van der Waals surface area (Å²) < 4.78 is 10.4. The van der Waals surface area contributed by atoms with Gasteiger partial charge in [-0.25, -0.2) is 0 Å². The Morgan fingerprint density at radius 2 is 2.33 bits per heavy atom. The average Bonchev–Trinajstić information content (AvgIpc) is 2.73. The van der Waals surface area contributed by atoms with Crippen molar-refractivity contribution in [1.29, 1.82) is 0 Å². The van der Waals surface area contributed by atoms with E-state index in [1.165, 1.54) is 11.3 Å². The lowest BCUT2D eigenvalue weighted by molar-refractivity contribution is 0.318. The normalized spacial score (nSPS) is 10.5. The number of hydrogen-bond acceptors (Lipinski definition) is 6. The summed E-state index contributed by atoms with van der Waals surface area (Å²) in [4.78, 5) is 1.84. The fraction of sp³-hybridized carbons (Fsp3) is 0.333. The predicted molar refractivity (Wildman–Crippen MR) is 55.2 cm³/mol. The van der Waals surface area contributed by atoms with Gasteiger partial charge in [-0.15, -0.1) is 16.4 Å². The van der Waals surface area contributed by atoms with E-state index < -0.39 is 6.08 Å². The number of nitrogens with zero attached hydrogens (tertiary/aromatic N) is 2. The van der Waals surface area contributed by atoms with Gasteiger partial charge in [0.05, 0.1) is 6.61 Å². The number of aromatic nitrogens is 2. The summed E-state index contributed by atoms with van der Waals surface area (Å²) in [6, 6.07) is 1.91. The van der Waals surface area contributed by atoms with E-state index in [9.17, 15) is 0 Å². The molecule has 0 unspecified atom stereocenters. The maximum absolute atomic E-state index is 8.97. The fourth-order valence-corrected chi connectivity index (χ4v) is 2.09. The Balaban J connectivity index is 2.42. The molecule has 2 rings (SSSR count). The van der Waals surface area contributed by atoms with E-state index in [2.05, 4.69) is 10.2 Å². The highest BCUT2D eigenvalue weighted by atomic mass is 32.1. The van der Waals surface area contributed by atoms with Gasteiger partial charge in [0.1, 0.15) is 10.6 Å². The molecule has 0 saturated carbocycles. The van der Waals surface area contributed by atoms with Crippen LogP contribution in [0.1, 0.15) is 11.8 Å². The number of rotatable bonds is 3. The largest absolute Gasteiger partial charge is 0.492 e. The zero-order valence-electron chi connectivity index (χ0n) is 8.35. The SMILES string of the molecule is CCOc1cc(C)sc1-c1nnc(O)o1. The second-order valence-corrected chi connectivity index (χ2v) is 4.13. The topological polar surface area (TPSA) is 68.4 Å². The molecule has 15 heavy (non-hydrogen) atoms. The van der Waals surface area contributed by atoms with Crippen molar-refractivity contribution < 1.29 is 14.3 Å². The fourth-order valence-electron chi connectivity index (χ4n) is 1.21. The Kier molecular flexibility index (Phi) is 2.59. The molecule has 2 aromatic rings. The van der Waals surface area contributed by atoms with Crippen molar-refractivity contribution in [3.8, 4) is 22.6 Å². The molecular formula is C9H10N2O3S. The first-order valence-electron chi connectivity index (χ1n) is 4.46. The molecule has 0 fully saturated rings. The lowest BCUT2D eigenvalue weighted by atomic mass is 10.4. The Labute approximate surface area is 90.3 Å². The Bertz CT molecular complexity index is 464. The van der Waals surface area contributed by atoms with Crippen LogP contribution in [0.2, 0.25) is 0 Å². The molecular weight excluding hydrogens is 216 g/mol. The second kappa shape index (κ2) is 3.90. The third-order valence-corrected chi connectivity index (χ3v) is 2.75. The molecule has 80 valence electrons. The molecule has 0 amide bonds. The van der Waals surface area contributed by atoms with Crippen molar-refractivity contribution in [3.63, 3.8) is 0 Å². The maximum atomic E-state index is 8.97. The molecule has 2 heterocycles. The first-order chi connectivity index (χ1) is 7.20. The van der Waals surface area contributed by atoms with Gasteiger partial charge < -0.3 is 14.3 Å². The van der Waals surface area contributed by atoms with Crippen LogP contribution in [0, 0.1) is 6.92 Å². The third kappa shape index (κ3) is 1.94. The number of aryl methyl sites for hydroxylation is 1. The summed E-state index contributed by atoms with van der Waals surface area (Å²) in [5.41, 5.74) is 0. The maximum Gasteiger partial charge on any atom is 0.412 e. The van der Waals surface area contributed by atoms with Crippen LogP contribution in [-0.4, -0.2) is 21.9 Å². The van der Waals surface area contributed by atoms with Gasteiger partial charge in [0.25, 0.3) is 5.89 Å². The molecule has 0 aliphatic rings. The quantitative estimate of drug-likeness (QED) is 0.869. The van der Waals surface area contributed by atoms with E-state index >= 15 is 0 Å². The number of aromatic hydroxyl groups is 1. The van der Waals surface area contributed by atoms with Gasteiger partial charge in [0, 0.05) is 4.88 Å². The molecule has 0 saturated heterocycles. The van der Waals surface area contributed by atoms with Crippen LogP contribution < -0.4 is 4.74 Å². The molecule has 5 nitrogen and oxygen atoms in total. The van der Waals surface area contributed by atoms with Crippen LogP contribution in [0.15, 0.2) is 10.5 Å². The van der Waals surface area contributed by atoms with E-state index in [0.29, 0.717) is 12.4 Å². The summed E-state index contributed by atoms with van der Waals surface area (Å²) in [5.74, 6) is 0.998. The molecule has 0 aliphatic heterocycles. The predicted octanol–water partition coefficient (Wildman–Crippen LogP) is 2.21. The van der Waals surface area contributed by atoms with Crippen LogP contribution >= 0.6 is 11.3 Å². The van der Waals surface area contributed by atoms with Crippen molar-refractivity contribution in [3.05, 3.63) is 10.9 Å². The molecule has 0 atom stereocenters. The van der Waals surface area contributed by atoms with Crippen LogP contribution in [0.5, 0.6) is 11.8 Å². The standard InChI is InChI=1S/C9H10N2O3S/c1-3-13-6-4-5(2)15-7(6)8-10-11-9(12)14-8/h4H,3H2,1-2H3,(H,11,12). The highest BCUT2D eigenvalue weighted by molar-refractivity contribution is 7.15. The highest BCUT2D eigenvalue weighted by Gasteiger charge is 2.16. The first kappa shape index (κ1) is 9.97. The highest BCUT2D eigenvalue weighted by Crippen LogP contribution is 2.37. The molecule has 1 N–H and O–H groups in total. The molecule has 2 aromatic heterocycles. The van der Waals surface area contributed by atoms with E-state index in [1.54, 1.807) is 0 Å². The minimum absolute atomic E-state index is 0.286. The molecule has 0 spiro atoms. The zero-order chi connectivity index (χ0) is 10.8. The van der Waals surface area contributed by atoms with Gasteiger partial charge >= 0.3 is 6.08 Å². The van der Waals surface area contributed by atoms with Crippen molar-refractivity contribution in [2.75, 3.05) is 6.61 Å². The van der Waals surface area contributed by atoms with Crippen LogP contribution in [0.25, 0.3) is 10.8 Å². The van der Waals surface area contributed by atoms with Crippen LogP contribution in [0.3, 0.4) is 0 Å². The molecule has 0 aliphatic carbocycles. The van der Waals surface area contributed by atoms with Crippen molar-refractivity contribution in [2.24, 2.45) is 0 Å². The van der Waals surface area contributed by atoms with Gasteiger partial charge in [-0.05, 0) is 19.9 Å². The Morgan fingerprint density at radius 3 is 2.93 bits per heavy atom. The Morgan fingerprint density at radius 1 is 1.53 bits per heavy atom. The minimum atomic E-state index is -0.432. The minimum Gasteiger partial charge on any atom is -0.492 e. The average molecular weight is 226 g/mol. The smallest absolute Gasteiger partial charge is 0.412 e. The monoisotopic (exact) mass is 226 g/mol. The summed E-state index contributed by atoms with van der Waals surface area (Å²) in [6.07, 6.45) is -0.432. The summed E-state index contributed by atoms with van der Waals surface area (Å²) in [5, 5.41) is 16.1. The lowest BCUT2D eigenvalue weighted by Gasteiger charge is -1.99. The van der Waals surface area contributed by atoms with Gasteiger partial charge in [0.2, 0.25) is 0 Å². The summed E-state index contributed by atoms with van der Waals surface area (Å²) >= 11 is 1.49. The van der Waals surface area contributed by atoms with Crippen molar-refractivity contribution in [2.45, 2.75) is 13.8 Å². The van der Waals surface area contributed by atoms with Crippen LogP contribution in [0.4, 0.5) is 0 Å².